The minimum Gasteiger partial charge on any atom is -0.363 e. The van der Waals surface area contributed by atoms with E-state index in [9.17, 15) is 9.59 Å². The van der Waals surface area contributed by atoms with Crippen molar-refractivity contribution in [2.24, 2.45) is 5.92 Å². The van der Waals surface area contributed by atoms with E-state index in [1.807, 2.05) is 75.2 Å². The molecule has 7 nitrogen and oxygen atoms in total. The number of para-hydroxylation sites is 1. The van der Waals surface area contributed by atoms with Crippen molar-refractivity contribution in [2.45, 2.75) is 31.9 Å². The van der Waals surface area contributed by atoms with E-state index in [1.165, 1.54) is 0 Å². The van der Waals surface area contributed by atoms with Crippen molar-refractivity contribution in [3.8, 4) is 0 Å². The van der Waals surface area contributed by atoms with Gasteiger partial charge in [0.1, 0.15) is 6.61 Å². The summed E-state index contributed by atoms with van der Waals surface area (Å²) in [5.41, 5.74) is 2.28. The van der Waals surface area contributed by atoms with Gasteiger partial charge in [-0.1, -0.05) is 30.3 Å². The van der Waals surface area contributed by atoms with Crippen LogP contribution >= 0.6 is 0 Å². The number of morpholine rings is 1. The molecule has 0 N–H and O–H groups in total. The van der Waals surface area contributed by atoms with Crippen molar-refractivity contribution in [1.29, 1.82) is 0 Å². The van der Waals surface area contributed by atoms with Gasteiger partial charge in [-0.15, -0.1) is 0 Å². The van der Waals surface area contributed by atoms with Gasteiger partial charge in [-0.25, -0.2) is 4.98 Å². The summed E-state index contributed by atoms with van der Waals surface area (Å²) >= 11 is 0. The number of nitrogens with zero attached hydrogens (tertiary/aromatic N) is 4. The zero-order valence-electron chi connectivity index (χ0n) is 19.5. The summed E-state index contributed by atoms with van der Waals surface area (Å²) in [5, 5.41) is 0. The third-order valence-electron chi connectivity index (χ3n) is 7.11. The van der Waals surface area contributed by atoms with Crippen LogP contribution in [0.5, 0.6) is 0 Å². The summed E-state index contributed by atoms with van der Waals surface area (Å²) in [6.45, 7) is 4.80. The lowest BCUT2D eigenvalue weighted by Gasteiger charge is -2.47. The Morgan fingerprint density at radius 1 is 1.12 bits per heavy atom. The summed E-state index contributed by atoms with van der Waals surface area (Å²) in [6.07, 6.45) is 7.16. The number of hydrogen-bond acceptors (Lipinski definition) is 4. The molecule has 2 aromatic carbocycles. The molecule has 2 amide bonds. The van der Waals surface area contributed by atoms with Crippen LogP contribution in [0, 0.1) is 5.92 Å². The van der Waals surface area contributed by atoms with E-state index in [4.69, 9.17) is 4.74 Å². The van der Waals surface area contributed by atoms with Crippen LogP contribution in [0.4, 0.5) is 5.69 Å². The van der Waals surface area contributed by atoms with Crippen molar-refractivity contribution < 1.29 is 14.3 Å². The van der Waals surface area contributed by atoms with Crippen molar-refractivity contribution in [3.63, 3.8) is 0 Å². The fraction of sp³-hybridized carbons (Fsp3) is 0.370. The first-order chi connectivity index (χ1) is 16.5. The molecule has 7 heteroatoms. The molecular weight excluding hydrogens is 428 g/mol. The highest BCUT2D eigenvalue weighted by molar-refractivity contribution is 5.95. The lowest BCUT2D eigenvalue weighted by molar-refractivity contribution is -0.145. The number of carbonyl (C=O) groups excluding carboxylic acids is 2. The Hall–Kier alpha value is -3.45. The van der Waals surface area contributed by atoms with E-state index in [0.717, 1.165) is 29.7 Å². The van der Waals surface area contributed by atoms with Crippen molar-refractivity contribution in [3.05, 3.63) is 84.4 Å². The summed E-state index contributed by atoms with van der Waals surface area (Å²) in [7, 11) is 0. The molecule has 0 spiro atoms. The van der Waals surface area contributed by atoms with Crippen LogP contribution in [0.2, 0.25) is 0 Å². The molecule has 2 aliphatic heterocycles. The number of carbonyl (C=O) groups is 2. The molecule has 0 bridgehead atoms. The summed E-state index contributed by atoms with van der Waals surface area (Å²) in [4.78, 5) is 33.6. The molecule has 1 aromatic heterocycles. The molecule has 2 aliphatic rings. The van der Waals surface area contributed by atoms with E-state index in [1.54, 1.807) is 12.5 Å². The molecule has 0 saturated carbocycles. The molecule has 176 valence electrons. The number of imidazole rings is 1. The van der Waals surface area contributed by atoms with Gasteiger partial charge in [-0.2, -0.15) is 0 Å². The van der Waals surface area contributed by atoms with E-state index in [-0.39, 0.29) is 24.3 Å². The first-order valence-corrected chi connectivity index (χ1v) is 11.9. The first-order valence-electron chi connectivity index (χ1n) is 11.9. The van der Waals surface area contributed by atoms with Crippen LogP contribution in [0.3, 0.4) is 0 Å². The van der Waals surface area contributed by atoms with Gasteiger partial charge >= 0.3 is 0 Å². The van der Waals surface area contributed by atoms with Crippen LogP contribution in [0.1, 0.15) is 35.7 Å². The maximum atomic E-state index is 13.2. The monoisotopic (exact) mass is 458 g/mol. The van der Waals surface area contributed by atoms with E-state index >= 15 is 0 Å². The lowest BCUT2D eigenvalue weighted by Crippen LogP contribution is -2.58. The largest absolute Gasteiger partial charge is 0.363 e. The van der Waals surface area contributed by atoms with Gasteiger partial charge in [0.25, 0.3) is 11.8 Å². The highest BCUT2D eigenvalue weighted by atomic mass is 16.5. The molecule has 2 fully saturated rings. The first kappa shape index (κ1) is 22.3. The minimum atomic E-state index is -0.427. The van der Waals surface area contributed by atoms with Gasteiger partial charge in [0.15, 0.2) is 0 Å². The zero-order chi connectivity index (χ0) is 23.5. The Labute approximate surface area is 200 Å². The normalized spacial score (nSPS) is 21.6. The van der Waals surface area contributed by atoms with Crippen molar-refractivity contribution in [1.82, 2.24) is 14.5 Å². The van der Waals surface area contributed by atoms with Crippen LogP contribution in [-0.2, 0) is 16.1 Å². The highest BCUT2D eigenvalue weighted by Crippen LogP contribution is 2.36. The maximum absolute atomic E-state index is 13.2. The predicted octanol–water partition coefficient (Wildman–Crippen LogP) is 3.61. The van der Waals surface area contributed by atoms with Gasteiger partial charge in [0.05, 0.1) is 18.5 Å². The molecule has 5 rings (SSSR count). The van der Waals surface area contributed by atoms with E-state index < -0.39 is 5.60 Å². The summed E-state index contributed by atoms with van der Waals surface area (Å²) in [5.74, 6) is 0.344. The van der Waals surface area contributed by atoms with Crippen LogP contribution < -0.4 is 4.90 Å². The predicted molar refractivity (Wildman–Crippen MR) is 130 cm³/mol. The SMILES string of the molecule is C[C@]1(C2CCN(C(=O)c3cccc(Cn4ccnc4)c3)CC2)CN(c2ccccc2)C(=O)CO1. The van der Waals surface area contributed by atoms with Gasteiger partial charge in [-0.05, 0) is 55.5 Å². The number of likely N-dealkylation sites (tertiary alicyclic amines) is 1. The smallest absolute Gasteiger partial charge is 0.253 e. The van der Waals surface area contributed by atoms with Crippen molar-refractivity contribution in [2.75, 3.05) is 31.1 Å². The third kappa shape index (κ3) is 4.61. The lowest BCUT2D eigenvalue weighted by atomic mass is 9.80. The highest BCUT2D eigenvalue weighted by Gasteiger charge is 2.44. The number of hydrogen-bond donors (Lipinski definition) is 0. The fourth-order valence-corrected chi connectivity index (χ4v) is 5.11. The number of aromatic nitrogens is 2. The van der Waals surface area contributed by atoms with Crippen LogP contribution in [0.25, 0.3) is 0 Å². The summed E-state index contributed by atoms with van der Waals surface area (Å²) in [6, 6.07) is 17.6. The Balaban J connectivity index is 1.22. The number of amides is 2. The topological polar surface area (TPSA) is 67.7 Å². The van der Waals surface area contributed by atoms with E-state index in [0.29, 0.717) is 26.2 Å². The second-order valence-corrected chi connectivity index (χ2v) is 9.42. The molecule has 1 atom stereocenters. The average molecular weight is 459 g/mol. The van der Waals surface area contributed by atoms with Gasteiger partial charge in [-0.3, -0.25) is 9.59 Å². The number of benzene rings is 2. The zero-order valence-corrected chi connectivity index (χ0v) is 19.5. The Morgan fingerprint density at radius 3 is 2.65 bits per heavy atom. The quantitative estimate of drug-likeness (QED) is 0.586. The third-order valence-corrected chi connectivity index (χ3v) is 7.11. The molecule has 0 aliphatic carbocycles. The fourth-order valence-electron chi connectivity index (χ4n) is 5.11. The summed E-state index contributed by atoms with van der Waals surface area (Å²) < 4.78 is 8.10. The molecule has 3 heterocycles. The van der Waals surface area contributed by atoms with Gasteiger partial charge in [0.2, 0.25) is 0 Å². The van der Waals surface area contributed by atoms with E-state index in [2.05, 4.69) is 11.9 Å². The second kappa shape index (κ2) is 9.43. The molecular formula is C27H30N4O3. The Kier molecular flexibility index (Phi) is 6.20. The standard InChI is InChI=1S/C27H30N4O3/c1-27(19-31(25(32)18-34-27)24-8-3-2-4-9-24)23-10-13-30(14-11-23)26(33)22-7-5-6-21(16-22)17-29-15-12-28-20-29/h2-9,12,15-16,20,23H,10-11,13-14,17-19H2,1H3/t27-/m1/s1. The van der Waals surface area contributed by atoms with Crippen LogP contribution in [-0.4, -0.2) is 58.1 Å². The number of rotatable bonds is 5. The number of piperidine rings is 1. The molecule has 34 heavy (non-hydrogen) atoms. The molecule has 3 aromatic rings. The second-order valence-electron chi connectivity index (χ2n) is 9.42. The van der Waals surface area contributed by atoms with Gasteiger partial charge < -0.3 is 19.1 Å². The maximum Gasteiger partial charge on any atom is 0.253 e. The molecule has 2 saturated heterocycles. The number of anilines is 1. The van der Waals surface area contributed by atoms with Crippen LogP contribution in [0.15, 0.2) is 73.3 Å². The molecule has 0 radical (unpaired) electrons. The number of ether oxygens (including phenoxy) is 1. The van der Waals surface area contributed by atoms with Gasteiger partial charge in [0, 0.05) is 43.3 Å². The average Bonchev–Trinajstić information content (AvgIpc) is 3.39. The molecule has 0 unspecified atom stereocenters. The van der Waals surface area contributed by atoms with Crippen molar-refractivity contribution >= 4 is 17.5 Å². The minimum absolute atomic E-state index is 0.00753. The Morgan fingerprint density at radius 2 is 1.91 bits per heavy atom. The Bertz CT molecular complexity index is 1140.